The standard InChI is InChI=1S/C55H34N4O/c1-3-15-38(16-4-1)46-34-47(58-54(57-46)41-17-5-2-6-18-41)39-30-26-35(27-31-39)36-28-32-40(33-29-36)52-53-50(43-21-9-11-23-45(43)56-52)51-44-22-10-12-24-49(44)59(55(51)60-53)48-25-13-19-37-14-7-8-20-42(37)48/h1-34H. The number of benzene rings is 8. The third-order valence-corrected chi connectivity index (χ3v) is 11.6. The third-order valence-electron chi connectivity index (χ3n) is 11.6. The average Bonchev–Trinajstić information content (AvgIpc) is 3.87. The van der Waals surface area contributed by atoms with Gasteiger partial charge in [0, 0.05) is 43.8 Å². The van der Waals surface area contributed by atoms with Crippen molar-refractivity contribution < 1.29 is 4.42 Å². The number of hydrogen-bond donors (Lipinski definition) is 0. The zero-order chi connectivity index (χ0) is 39.6. The summed E-state index contributed by atoms with van der Waals surface area (Å²) in [7, 11) is 0. The van der Waals surface area contributed by atoms with Gasteiger partial charge in [0.15, 0.2) is 11.4 Å². The van der Waals surface area contributed by atoms with Crippen LogP contribution in [0.2, 0.25) is 0 Å². The van der Waals surface area contributed by atoms with E-state index < -0.39 is 0 Å². The molecule has 4 aromatic heterocycles. The fourth-order valence-electron chi connectivity index (χ4n) is 8.75. The van der Waals surface area contributed by atoms with Crippen molar-refractivity contribution in [1.82, 2.24) is 19.5 Å². The molecule has 0 saturated heterocycles. The molecule has 0 fully saturated rings. The van der Waals surface area contributed by atoms with Crippen LogP contribution in [0.4, 0.5) is 0 Å². The van der Waals surface area contributed by atoms with E-state index in [1.165, 1.54) is 10.8 Å². The van der Waals surface area contributed by atoms with Crippen LogP contribution in [-0.4, -0.2) is 19.5 Å². The SMILES string of the molecule is c1ccc(-c2cc(-c3ccc(-c4ccc(-c5nc6ccccc6c6c5oc5c6c6ccccc6n5-c5cccc6ccccc56)cc4)cc3)nc(-c3ccccc3)n2)cc1. The second kappa shape index (κ2) is 13.8. The summed E-state index contributed by atoms with van der Waals surface area (Å²) in [6.45, 7) is 0. The number of aromatic nitrogens is 4. The van der Waals surface area contributed by atoms with Crippen molar-refractivity contribution in [3.05, 3.63) is 206 Å². The summed E-state index contributed by atoms with van der Waals surface area (Å²) in [4.78, 5) is 15.3. The van der Waals surface area contributed by atoms with Crippen LogP contribution < -0.4 is 0 Å². The lowest BCUT2D eigenvalue weighted by atomic mass is 9.99. The smallest absolute Gasteiger partial charge is 0.213 e. The molecule has 0 aliphatic carbocycles. The predicted molar refractivity (Wildman–Crippen MR) is 246 cm³/mol. The van der Waals surface area contributed by atoms with Gasteiger partial charge in [-0.25, -0.2) is 15.0 Å². The van der Waals surface area contributed by atoms with Crippen LogP contribution in [0.15, 0.2) is 211 Å². The molecule has 0 atom stereocenters. The number of para-hydroxylation sites is 2. The molecule has 60 heavy (non-hydrogen) atoms. The largest absolute Gasteiger partial charge is 0.437 e. The molecule has 0 saturated carbocycles. The first-order valence-corrected chi connectivity index (χ1v) is 20.2. The van der Waals surface area contributed by atoms with Crippen LogP contribution in [0.3, 0.4) is 0 Å². The molecule has 5 heteroatoms. The number of pyridine rings is 1. The van der Waals surface area contributed by atoms with Crippen molar-refractivity contribution in [3.8, 4) is 62.0 Å². The van der Waals surface area contributed by atoms with E-state index >= 15 is 0 Å². The van der Waals surface area contributed by atoms with E-state index in [1.54, 1.807) is 0 Å². The molecular formula is C55H34N4O. The van der Waals surface area contributed by atoms with E-state index in [-0.39, 0.29) is 0 Å². The van der Waals surface area contributed by atoms with E-state index in [2.05, 4.69) is 174 Å². The molecule has 0 N–H and O–H groups in total. The van der Waals surface area contributed by atoms with Crippen LogP contribution in [-0.2, 0) is 0 Å². The van der Waals surface area contributed by atoms with Crippen molar-refractivity contribution in [2.45, 2.75) is 0 Å². The van der Waals surface area contributed by atoms with Gasteiger partial charge in [-0.2, -0.15) is 0 Å². The quantitative estimate of drug-likeness (QED) is 0.169. The maximum absolute atomic E-state index is 7.10. The first-order valence-electron chi connectivity index (χ1n) is 20.2. The highest BCUT2D eigenvalue weighted by atomic mass is 16.3. The molecule has 12 rings (SSSR count). The maximum atomic E-state index is 7.10. The highest BCUT2D eigenvalue weighted by Gasteiger charge is 2.25. The topological polar surface area (TPSA) is 56.7 Å². The van der Waals surface area contributed by atoms with Crippen LogP contribution in [0, 0.1) is 0 Å². The number of fused-ring (bicyclic) bond motifs is 8. The minimum atomic E-state index is 0.704. The Balaban J connectivity index is 0.962. The fourth-order valence-corrected chi connectivity index (χ4v) is 8.75. The summed E-state index contributed by atoms with van der Waals surface area (Å²) >= 11 is 0. The van der Waals surface area contributed by atoms with E-state index in [1.807, 2.05) is 36.4 Å². The lowest BCUT2D eigenvalue weighted by molar-refractivity contribution is 0.645. The Morgan fingerprint density at radius 1 is 0.383 bits per heavy atom. The molecule has 0 amide bonds. The van der Waals surface area contributed by atoms with E-state index in [9.17, 15) is 0 Å². The minimum absolute atomic E-state index is 0.704. The van der Waals surface area contributed by atoms with Gasteiger partial charge in [0.1, 0.15) is 5.69 Å². The van der Waals surface area contributed by atoms with Gasteiger partial charge in [0.25, 0.3) is 0 Å². The molecule has 12 aromatic rings. The van der Waals surface area contributed by atoms with Gasteiger partial charge >= 0.3 is 0 Å². The molecule has 0 unspecified atom stereocenters. The Bertz CT molecular complexity index is 3510. The van der Waals surface area contributed by atoms with Gasteiger partial charge in [-0.05, 0) is 40.8 Å². The Hall–Kier alpha value is -8.15. The second-order valence-corrected chi connectivity index (χ2v) is 15.2. The first-order chi connectivity index (χ1) is 29.7. The summed E-state index contributed by atoms with van der Waals surface area (Å²) in [6.07, 6.45) is 0. The van der Waals surface area contributed by atoms with Crippen LogP contribution in [0.1, 0.15) is 0 Å². The summed E-state index contributed by atoms with van der Waals surface area (Å²) in [5.74, 6) is 0.704. The van der Waals surface area contributed by atoms with Crippen LogP contribution in [0.25, 0.3) is 117 Å². The van der Waals surface area contributed by atoms with E-state index in [0.29, 0.717) is 5.82 Å². The molecule has 280 valence electrons. The molecule has 4 heterocycles. The number of nitrogens with zero attached hydrogens (tertiary/aromatic N) is 4. The maximum Gasteiger partial charge on any atom is 0.213 e. The lowest BCUT2D eigenvalue weighted by Gasteiger charge is -2.11. The van der Waals surface area contributed by atoms with Crippen LogP contribution in [0.5, 0.6) is 0 Å². The monoisotopic (exact) mass is 766 g/mol. The predicted octanol–water partition coefficient (Wildman–Crippen LogP) is 14.4. The van der Waals surface area contributed by atoms with Crippen molar-refractivity contribution in [1.29, 1.82) is 0 Å². The zero-order valence-corrected chi connectivity index (χ0v) is 32.3. The highest BCUT2D eigenvalue weighted by molar-refractivity contribution is 6.28. The van der Waals surface area contributed by atoms with Crippen molar-refractivity contribution in [3.63, 3.8) is 0 Å². The number of furan rings is 1. The summed E-state index contributed by atoms with van der Waals surface area (Å²) < 4.78 is 9.38. The molecule has 0 radical (unpaired) electrons. The molecule has 0 bridgehead atoms. The van der Waals surface area contributed by atoms with Crippen molar-refractivity contribution >= 4 is 54.6 Å². The minimum Gasteiger partial charge on any atom is -0.437 e. The lowest BCUT2D eigenvalue weighted by Crippen LogP contribution is -1.95. The molecule has 8 aromatic carbocycles. The molecule has 0 aliphatic rings. The Kier molecular flexibility index (Phi) is 7.78. The normalized spacial score (nSPS) is 11.7. The Labute approximate surface area is 345 Å². The highest BCUT2D eigenvalue weighted by Crippen LogP contribution is 2.45. The van der Waals surface area contributed by atoms with Gasteiger partial charge in [0.2, 0.25) is 5.71 Å². The number of hydrogen-bond acceptors (Lipinski definition) is 4. The molecule has 0 spiro atoms. The second-order valence-electron chi connectivity index (χ2n) is 15.2. The first kappa shape index (κ1) is 33.9. The van der Waals surface area contributed by atoms with Crippen molar-refractivity contribution in [2.24, 2.45) is 0 Å². The van der Waals surface area contributed by atoms with Gasteiger partial charge < -0.3 is 4.42 Å². The van der Waals surface area contributed by atoms with Crippen molar-refractivity contribution in [2.75, 3.05) is 0 Å². The average molecular weight is 767 g/mol. The number of rotatable bonds is 6. The molecule has 5 nitrogen and oxygen atoms in total. The van der Waals surface area contributed by atoms with Gasteiger partial charge in [-0.1, -0.05) is 182 Å². The van der Waals surface area contributed by atoms with Gasteiger partial charge in [-0.15, -0.1) is 0 Å². The Morgan fingerprint density at radius 2 is 0.933 bits per heavy atom. The molecule has 0 aliphatic heterocycles. The summed E-state index contributed by atoms with van der Waals surface area (Å²) in [5.41, 5.74) is 13.6. The van der Waals surface area contributed by atoms with E-state index in [0.717, 1.165) is 100 Å². The molecular weight excluding hydrogens is 733 g/mol. The van der Waals surface area contributed by atoms with Gasteiger partial charge in [0.05, 0.1) is 33.5 Å². The zero-order valence-electron chi connectivity index (χ0n) is 32.3. The van der Waals surface area contributed by atoms with E-state index in [4.69, 9.17) is 19.4 Å². The Morgan fingerprint density at radius 3 is 1.67 bits per heavy atom. The summed E-state index contributed by atoms with van der Waals surface area (Å²) in [5, 5.41) is 6.75. The summed E-state index contributed by atoms with van der Waals surface area (Å²) in [6, 6.07) is 71.8. The van der Waals surface area contributed by atoms with Gasteiger partial charge in [-0.3, -0.25) is 4.57 Å². The third kappa shape index (κ3) is 5.52. The fraction of sp³-hybridized carbons (Fsp3) is 0. The van der Waals surface area contributed by atoms with Crippen LogP contribution >= 0.6 is 0 Å².